The van der Waals surface area contributed by atoms with E-state index >= 15 is 0 Å². The summed E-state index contributed by atoms with van der Waals surface area (Å²) in [5.74, 6) is 1.92. The largest absolute Gasteiger partial charge is 0.337 e. The molecule has 0 radical (unpaired) electrons. The predicted molar refractivity (Wildman–Crippen MR) is 123 cm³/mol. The fraction of sp³-hybridized carbons (Fsp3) is 0.478. The van der Waals surface area contributed by atoms with E-state index in [-0.39, 0.29) is 11.2 Å². The van der Waals surface area contributed by atoms with E-state index < -0.39 is 0 Å². The number of aromatic nitrogens is 4. The van der Waals surface area contributed by atoms with Crippen LogP contribution in [-0.4, -0.2) is 55.5 Å². The van der Waals surface area contributed by atoms with Crippen molar-refractivity contribution in [2.75, 3.05) is 20.1 Å². The molecule has 0 saturated carbocycles. The highest BCUT2D eigenvalue weighted by molar-refractivity contribution is 6.29. The van der Waals surface area contributed by atoms with Gasteiger partial charge >= 0.3 is 0 Å². The molecule has 8 nitrogen and oxygen atoms in total. The monoisotopic (exact) mass is 456 g/mol. The summed E-state index contributed by atoms with van der Waals surface area (Å²) in [4.78, 5) is 26.0. The second kappa shape index (κ2) is 9.03. The molecule has 0 fully saturated rings. The summed E-state index contributed by atoms with van der Waals surface area (Å²) in [6.07, 6.45) is 0. The van der Waals surface area contributed by atoms with Crippen molar-refractivity contribution in [1.82, 2.24) is 29.5 Å². The number of hydrogen-bond donors (Lipinski definition) is 0. The van der Waals surface area contributed by atoms with Gasteiger partial charge in [-0.15, -0.1) is 0 Å². The van der Waals surface area contributed by atoms with Gasteiger partial charge in [-0.3, -0.25) is 14.3 Å². The molecular formula is C23H29ClN6O2. The molecule has 0 atom stereocenters. The molecule has 3 aromatic rings. The maximum absolute atomic E-state index is 12.9. The molecule has 3 heterocycles. The Morgan fingerprint density at radius 1 is 1.12 bits per heavy atom. The summed E-state index contributed by atoms with van der Waals surface area (Å²) >= 11 is 6.54. The number of imidazole rings is 1. The van der Waals surface area contributed by atoms with Crippen molar-refractivity contribution in [1.29, 1.82) is 0 Å². The van der Waals surface area contributed by atoms with Crippen LogP contribution in [0.1, 0.15) is 49.6 Å². The standard InChI is InChI=1S/C23H29ClN6O2/c1-14(2)10-29(11-15(3)4)13-19-25-21(27-32-19)20-18-12-28(5)22(31)16-8-6-7-9-17(16)30(18)23(24)26-20/h6-9,14-15H,10-13H2,1-5H3. The first-order chi connectivity index (χ1) is 15.2. The van der Waals surface area contributed by atoms with Crippen molar-refractivity contribution >= 4 is 17.5 Å². The van der Waals surface area contributed by atoms with Crippen LogP contribution >= 0.6 is 11.6 Å². The van der Waals surface area contributed by atoms with Gasteiger partial charge in [0, 0.05) is 20.1 Å². The van der Waals surface area contributed by atoms with Gasteiger partial charge in [0.2, 0.25) is 17.0 Å². The Morgan fingerprint density at radius 3 is 2.50 bits per heavy atom. The summed E-state index contributed by atoms with van der Waals surface area (Å²) < 4.78 is 7.39. The lowest BCUT2D eigenvalue weighted by molar-refractivity contribution is 0.0788. The van der Waals surface area contributed by atoms with Crippen LogP contribution in [0.25, 0.3) is 17.2 Å². The Labute approximate surface area is 193 Å². The molecule has 1 aliphatic rings. The number of carbonyl (C=O) groups excluding carboxylic acids is 1. The third-order valence-corrected chi connectivity index (χ3v) is 5.58. The summed E-state index contributed by atoms with van der Waals surface area (Å²) in [6.45, 7) is 11.6. The number of rotatable bonds is 7. The van der Waals surface area contributed by atoms with Gasteiger partial charge in [0.05, 0.1) is 30.0 Å². The molecule has 0 unspecified atom stereocenters. The molecule has 2 aromatic heterocycles. The SMILES string of the molecule is CC(C)CN(Cc1nc(-c2nc(Cl)n3c2CN(C)C(=O)c2ccccc2-3)no1)CC(C)C. The van der Waals surface area contributed by atoms with Gasteiger partial charge in [-0.25, -0.2) is 4.98 Å². The highest BCUT2D eigenvalue weighted by Crippen LogP contribution is 2.33. The Balaban J connectivity index is 1.69. The van der Waals surface area contributed by atoms with Crippen molar-refractivity contribution < 1.29 is 9.32 Å². The van der Waals surface area contributed by atoms with Gasteiger partial charge in [-0.05, 0) is 35.6 Å². The van der Waals surface area contributed by atoms with E-state index in [4.69, 9.17) is 16.1 Å². The number of halogens is 1. The van der Waals surface area contributed by atoms with E-state index in [1.807, 2.05) is 18.2 Å². The third-order valence-electron chi connectivity index (χ3n) is 5.33. The number of amides is 1. The molecule has 170 valence electrons. The quantitative estimate of drug-likeness (QED) is 0.528. The smallest absolute Gasteiger partial charge is 0.256 e. The molecule has 1 amide bonds. The van der Waals surface area contributed by atoms with Crippen LogP contribution in [0.15, 0.2) is 28.8 Å². The number of nitrogens with zero attached hydrogens (tertiary/aromatic N) is 6. The van der Waals surface area contributed by atoms with Crippen LogP contribution in [0, 0.1) is 11.8 Å². The Bertz CT molecular complexity index is 1110. The lowest BCUT2D eigenvalue weighted by Gasteiger charge is -2.24. The summed E-state index contributed by atoms with van der Waals surface area (Å²) in [5, 5.41) is 4.46. The van der Waals surface area contributed by atoms with E-state index in [2.05, 4.69) is 47.7 Å². The van der Waals surface area contributed by atoms with Gasteiger partial charge in [-0.2, -0.15) is 4.98 Å². The van der Waals surface area contributed by atoms with Crippen LogP contribution in [-0.2, 0) is 13.1 Å². The van der Waals surface area contributed by atoms with Crippen LogP contribution in [0.3, 0.4) is 0 Å². The topological polar surface area (TPSA) is 80.3 Å². The maximum Gasteiger partial charge on any atom is 0.256 e. The highest BCUT2D eigenvalue weighted by Gasteiger charge is 2.30. The number of para-hydroxylation sites is 1. The minimum absolute atomic E-state index is 0.0712. The molecule has 1 aromatic carbocycles. The molecular weight excluding hydrogens is 428 g/mol. The van der Waals surface area contributed by atoms with Crippen molar-refractivity contribution in [3.05, 3.63) is 46.7 Å². The van der Waals surface area contributed by atoms with E-state index in [0.29, 0.717) is 53.6 Å². The van der Waals surface area contributed by atoms with Crippen LogP contribution in [0.4, 0.5) is 0 Å². The fourth-order valence-electron chi connectivity index (χ4n) is 4.19. The second-order valence-electron chi connectivity index (χ2n) is 9.18. The number of fused-ring (bicyclic) bond motifs is 3. The van der Waals surface area contributed by atoms with Gasteiger partial charge < -0.3 is 9.42 Å². The summed E-state index contributed by atoms with van der Waals surface area (Å²) in [6, 6.07) is 7.38. The Hall–Kier alpha value is -2.71. The van der Waals surface area contributed by atoms with E-state index in [1.165, 1.54) is 0 Å². The van der Waals surface area contributed by atoms with Gasteiger partial charge in [0.25, 0.3) is 5.91 Å². The molecule has 1 aliphatic heterocycles. The maximum atomic E-state index is 12.9. The Kier molecular flexibility index (Phi) is 6.35. The molecule has 9 heteroatoms. The van der Waals surface area contributed by atoms with Gasteiger partial charge in [0.15, 0.2) is 0 Å². The predicted octanol–water partition coefficient (Wildman–Crippen LogP) is 4.28. The number of carbonyl (C=O) groups is 1. The fourth-order valence-corrected chi connectivity index (χ4v) is 4.47. The average molecular weight is 457 g/mol. The zero-order valence-electron chi connectivity index (χ0n) is 19.2. The number of benzene rings is 1. The molecule has 0 spiro atoms. The summed E-state index contributed by atoms with van der Waals surface area (Å²) in [5.41, 5.74) is 2.56. The second-order valence-corrected chi connectivity index (χ2v) is 9.52. The minimum Gasteiger partial charge on any atom is -0.337 e. The van der Waals surface area contributed by atoms with Crippen molar-refractivity contribution in [2.24, 2.45) is 11.8 Å². The first-order valence-corrected chi connectivity index (χ1v) is 11.3. The minimum atomic E-state index is -0.0712. The van der Waals surface area contributed by atoms with Gasteiger partial charge in [0.1, 0.15) is 5.69 Å². The van der Waals surface area contributed by atoms with Crippen LogP contribution in [0.5, 0.6) is 0 Å². The molecule has 0 N–H and O–H groups in total. The van der Waals surface area contributed by atoms with Crippen molar-refractivity contribution in [2.45, 2.75) is 40.8 Å². The summed E-state index contributed by atoms with van der Waals surface area (Å²) in [7, 11) is 1.76. The van der Waals surface area contributed by atoms with Crippen LogP contribution < -0.4 is 0 Å². The Morgan fingerprint density at radius 2 is 1.81 bits per heavy atom. The zero-order valence-corrected chi connectivity index (χ0v) is 19.9. The molecule has 0 aliphatic carbocycles. The van der Waals surface area contributed by atoms with Crippen molar-refractivity contribution in [3.63, 3.8) is 0 Å². The molecule has 0 saturated heterocycles. The third kappa shape index (κ3) is 4.42. The molecule has 32 heavy (non-hydrogen) atoms. The van der Waals surface area contributed by atoms with E-state index in [1.54, 1.807) is 22.6 Å². The zero-order chi connectivity index (χ0) is 23.0. The lowest BCUT2D eigenvalue weighted by Crippen LogP contribution is -2.31. The van der Waals surface area contributed by atoms with E-state index in [9.17, 15) is 4.79 Å². The normalized spacial score (nSPS) is 13.8. The molecule has 4 rings (SSSR count). The average Bonchev–Trinajstić information content (AvgIpc) is 3.27. The first-order valence-electron chi connectivity index (χ1n) is 10.9. The lowest BCUT2D eigenvalue weighted by atomic mass is 10.1. The number of hydrogen-bond acceptors (Lipinski definition) is 6. The van der Waals surface area contributed by atoms with Crippen molar-refractivity contribution in [3.8, 4) is 17.2 Å². The van der Waals surface area contributed by atoms with E-state index in [0.717, 1.165) is 18.8 Å². The highest BCUT2D eigenvalue weighted by atomic mass is 35.5. The first kappa shape index (κ1) is 22.5. The van der Waals surface area contributed by atoms with Gasteiger partial charge in [-0.1, -0.05) is 45.0 Å². The van der Waals surface area contributed by atoms with Crippen LogP contribution in [0.2, 0.25) is 5.28 Å². The molecule has 0 bridgehead atoms.